The summed E-state index contributed by atoms with van der Waals surface area (Å²) < 4.78 is 0. The van der Waals surface area contributed by atoms with Crippen LogP contribution in [0.2, 0.25) is 0 Å². The first kappa shape index (κ1) is 11.1. The van der Waals surface area contributed by atoms with Gasteiger partial charge < -0.3 is 10.4 Å². The average Bonchev–Trinajstić information content (AvgIpc) is 2.17. The summed E-state index contributed by atoms with van der Waals surface area (Å²) in [6, 6.07) is 10.2. The molecule has 1 atom stereocenters. The molecule has 0 fully saturated rings. The van der Waals surface area contributed by atoms with Gasteiger partial charge in [-0.3, -0.25) is 0 Å². The summed E-state index contributed by atoms with van der Waals surface area (Å²) in [5.41, 5.74) is 1.08. The van der Waals surface area contributed by atoms with Crippen LogP contribution in [0.1, 0.15) is 20.3 Å². The summed E-state index contributed by atoms with van der Waals surface area (Å²) in [5.74, 6) is 0.600. The van der Waals surface area contributed by atoms with E-state index in [1.807, 2.05) is 30.3 Å². The van der Waals surface area contributed by atoms with Gasteiger partial charge in [-0.05, 0) is 24.5 Å². The van der Waals surface area contributed by atoms with Crippen molar-refractivity contribution >= 4 is 5.69 Å². The molecule has 0 aliphatic carbocycles. The van der Waals surface area contributed by atoms with Crippen LogP contribution >= 0.6 is 0 Å². The summed E-state index contributed by atoms with van der Waals surface area (Å²) in [7, 11) is 0. The van der Waals surface area contributed by atoms with Gasteiger partial charge in [0, 0.05) is 11.7 Å². The highest BCUT2D eigenvalue weighted by Gasteiger charge is 2.08. The first-order valence-corrected chi connectivity index (χ1v) is 5.15. The molecule has 2 nitrogen and oxygen atoms in total. The first-order chi connectivity index (χ1) is 6.72. The predicted octanol–water partition coefficient (Wildman–Crippen LogP) is 2.51. The van der Waals surface area contributed by atoms with Crippen molar-refractivity contribution in [2.45, 2.75) is 26.3 Å². The number of para-hydroxylation sites is 1. The molecule has 1 unspecified atom stereocenters. The summed E-state index contributed by atoms with van der Waals surface area (Å²) in [6.07, 6.45) is 0.991. The smallest absolute Gasteiger partial charge is 0.0632 e. The van der Waals surface area contributed by atoms with Crippen LogP contribution in [0.4, 0.5) is 5.69 Å². The Morgan fingerprint density at radius 3 is 2.36 bits per heavy atom. The van der Waals surface area contributed by atoms with Crippen molar-refractivity contribution in [1.29, 1.82) is 0 Å². The second-order valence-corrected chi connectivity index (χ2v) is 4.02. The highest BCUT2D eigenvalue weighted by molar-refractivity contribution is 5.43. The van der Waals surface area contributed by atoms with E-state index in [0.717, 1.165) is 12.1 Å². The Labute approximate surface area is 86.0 Å². The molecule has 2 N–H and O–H groups in total. The maximum absolute atomic E-state index is 9.17. The second kappa shape index (κ2) is 5.66. The van der Waals surface area contributed by atoms with Crippen LogP contribution in [-0.4, -0.2) is 17.8 Å². The van der Waals surface area contributed by atoms with Gasteiger partial charge in [-0.15, -0.1) is 0 Å². The van der Waals surface area contributed by atoms with Crippen molar-refractivity contribution in [1.82, 2.24) is 0 Å². The van der Waals surface area contributed by atoms with Crippen molar-refractivity contribution in [3.8, 4) is 0 Å². The zero-order valence-electron chi connectivity index (χ0n) is 8.90. The highest BCUT2D eigenvalue weighted by Crippen LogP contribution is 2.12. The van der Waals surface area contributed by atoms with Gasteiger partial charge in [0.15, 0.2) is 0 Å². The average molecular weight is 193 g/mol. The van der Waals surface area contributed by atoms with E-state index in [1.165, 1.54) is 0 Å². The fraction of sp³-hybridized carbons (Fsp3) is 0.500. The third kappa shape index (κ3) is 3.79. The molecule has 1 aromatic carbocycles. The molecule has 0 bridgehead atoms. The quantitative estimate of drug-likeness (QED) is 0.753. The van der Waals surface area contributed by atoms with Crippen LogP contribution in [-0.2, 0) is 0 Å². The number of hydrogen-bond donors (Lipinski definition) is 2. The van der Waals surface area contributed by atoms with Crippen LogP contribution in [0, 0.1) is 5.92 Å². The highest BCUT2D eigenvalue weighted by atomic mass is 16.3. The molecule has 0 saturated heterocycles. The molecule has 1 rings (SSSR count). The van der Waals surface area contributed by atoms with E-state index in [2.05, 4.69) is 19.2 Å². The Morgan fingerprint density at radius 2 is 1.86 bits per heavy atom. The van der Waals surface area contributed by atoms with E-state index in [1.54, 1.807) is 0 Å². The molecule has 1 aromatic rings. The minimum Gasteiger partial charge on any atom is -0.394 e. The lowest BCUT2D eigenvalue weighted by molar-refractivity contribution is 0.259. The fourth-order valence-electron chi connectivity index (χ4n) is 1.52. The van der Waals surface area contributed by atoms with Crippen LogP contribution in [0.5, 0.6) is 0 Å². The number of anilines is 1. The third-order valence-electron chi connectivity index (χ3n) is 2.12. The van der Waals surface area contributed by atoms with Gasteiger partial charge in [0.25, 0.3) is 0 Å². The molecular weight excluding hydrogens is 174 g/mol. The van der Waals surface area contributed by atoms with Crippen molar-refractivity contribution in [3.63, 3.8) is 0 Å². The van der Waals surface area contributed by atoms with Crippen LogP contribution in [0.25, 0.3) is 0 Å². The molecule has 0 heterocycles. The molecule has 0 radical (unpaired) electrons. The van der Waals surface area contributed by atoms with Crippen LogP contribution < -0.4 is 5.32 Å². The third-order valence-corrected chi connectivity index (χ3v) is 2.12. The lowest BCUT2D eigenvalue weighted by atomic mass is 10.0. The molecular formula is C12H19NO. The van der Waals surface area contributed by atoms with Gasteiger partial charge in [0.1, 0.15) is 0 Å². The summed E-state index contributed by atoms with van der Waals surface area (Å²) in [6.45, 7) is 4.51. The summed E-state index contributed by atoms with van der Waals surface area (Å²) >= 11 is 0. The monoisotopic (exact) mass is 193 g/mol. The molecule has 78 valence electrons. The largest absolute Gasteiger partial charge is 0.394 e. The van der Waals surface area contributed by atoms with E-state index in [9.17, 15) is 5.11 Å². The Morgan fingerprint density at radius 1 is 1.21 bits per heavy atom. The number of rotatable bonds is 5. The Balaban J connectivity index is 2.48. The number of benzene rings is 1. The zero-order valence-corrected chi connectivity index (χ0v) is 8.90. The summed E-state index contributed by atoms with van der Waals surface area (Å²) in [4.78, 5) is 0. The molecule has 0 aromatic heterocycles. The van der Waals surface area contributed by atoms with E-state index >= 15 is 0 Å². The molecule has 14 heavy (non-hydrogen) atoms. The Hall–Kier alpha value is -1.02. The maximum Gasteiger partial charge on any atom is 0.0632 e. The normalized spacial score (nSPS) is 12.9. The van der Waals surface area contributed by atoms with E-state index in [0.29, 0.717) is 5.92 Å². The molecule has 0 amide bonds. The molecule has 0 aliphatic heterocycles. The minimum absolute atomic E-state index is 0.164. The Bertz CT molecular complexity index is 246. The van der Waals surface area contributed by atoms with Crippen LogP contribution in [0.3, 0.4) is 0 Å². The van der Waals surface area contributed by atoms with Gasteiger partial charge in [0.05, 0.1) is 6.61 Å². The first-order valence-electron chi connectivity index (χ1n) is 5.15. The molecule has 0 spiro atoms. The predicted molar refractivity (Wildman–Crippen MR) is 60.4 cm³/mol. The van der Waals surface area contributed by atoms with Crippen LogP contribution in [0.15, 0.2) is 30.3 Å². The van der Waals surface area contributed by atoms with E-state index in [-0.39, 0.29) is 12.6 Å². The van der Waals surface area contributed by atoms with Crippen molar-refractivity contribution in [2.24, 2.45) is 5.92 Å². The van der Waals surface area contributed by atoms with Gasteiger partial charge >= 0.3 is 0 Å². The lowest BCUT2D eigenvalue weighted by Crippen LogP contribution is -2.25. The number of nitrogens with one attached hydrogen (secondary N) is 1. The second-order valence-electron chi connectivity index (χ2n) is 4.02. The van der Waals surface area contributed by atoms with E-state index in [4.69, 9.17) is 0 Å². The Kier molecular flexibility index (Phi) is 4.47. The minimum atomic E-state index is 0.164. The number of hydrogen-bond acceptors (Lipinski definition) is 2. The van der Waals surface area contributed by atoms with Gasteiger partial charge in [0.2, 0.25) is 0 Å². The van der Waals surface area contributed by atoms with Crippen molar-refractivity contribution in [3.05, 3.63) is 30.3 Å². The lowest BCUT2D eigenvalue weighted by Gasteiger charge is -2.19. The SMILES string of the molecule is CC(C)CC(CO)Nc1ccccc1. The van der Waals surface area contributed by atoms with Gasteiger partial charge in [-0.25, -0.2) is 0 Å². The van der Waals surface area contributed by atoms with E-state index < -0.39 is 0 Å². The standard InChI is InChI=1S/C12H19NO/c1-10(2)8-12(9-14)13-11-6-4-3-5-7-11/h3-7,10,12-14H,8-9H2,1-2H3. The summed E-state index contributed by atoms with van der Waals surface area (Å²) in [5, 5.41) is 12.5. The topological polar surface area (TPSA) is 32.3 Å². The molecule has 2 heteroatoms. The van der Waals surface area contributed by atoms with Gasteiger partial charge in [-0.2, -0.15) is 0 Å². The van der Waals surface area contributed by atoms with Gasteiger partial charge in [-0.1, -0.05) is 32.0 Å². The molecule has 0 aliphatic rings. The maximum atomic E-state index is 9.17. The number of aliphatic hydroxyl groups is 1. The molecule has 0 saturated carbocycles. The van der Waals surface area contributed by atoms with Crippen molar-refractivity contribution < 1.29 is 5.11 Å². The van der Waals surface area contributed by atoms with Crippen molar-refractivity contribution in [2.75, 3.05) is 11.9 Å². The number of aliphatic hydroxyl groups excluding tert-OH is 1. The zero-order chi connectivity index (χ0) is 10.4. The fourth-order valence-corrected chi connectivity index (χ4v) is 1.52.